The number of carbonyl (C=O) groups excluding carboxylic acids is 1. The number of nitro groups is 1. The smallest absolute Gasteiger partial charge is 0.267 e. The van der Waals surface area contributed by atoms with Crippen LogP contribution in [0.2, 0.25) is 0 Å². The van der Waals surface area contributed by atoms with Crippen LogP contribution < -0.4 is 5.43 Å². The summed E-state index contributed by atoms with van der Waals surface area (Å²) < 4.78 is 0. The van der Waals surface area contributed by atoms with Crippen LogP contribution in [-0.2, 0) is 0 Å². The van der Waals surface area contributed by atoms with Crippen LogP contribution in [0, 0.1) is 10.1 Å². The Balaban J connectivity index is 2.68. The van der Waals surface area contributed by atoms with E-state index < -0.39 is 10.8 Å². The quantitative estimate of drug-likeness (QED) is 0.486. The van der Waals surface area contributed by atoms with Crippen molar-refractivity contribution < 1.29 is 9.72 Å². The number of nitrogens with zero attached hydrogens (tertiary/aromatic N) is 2. The molecule has 0 saturated carbocycles. The van der Waals surface area contributed by atoms with Gasteiger partial charge in [0.1, 0.15) is 0 Å². The zero-order valence-corrected chi connectivity index (χ0v) is 11.0. The summed E-state index contributed by atoms with van der Waals surface area (Å²) in [5.41, 5.74) is 3.35. The number of hydrogen-bond donors (Lipinski definition) is 1. The first-order chi connectivity index (χ1) is 9.04. The van der Waals surface area contributed by atoms with Crippen molar-refractivity contribution in [1.82, 2.24) is 5.43 Å². The van der Waals surface area contributed by atoms with Gasteiger partial charge in [0.2, 0.25) is 0 Å². The van der Waals surface area contributed by atoms with Crippen molar-refractivity contribution in [1.29, 1.82) is 0 Å². The van der Waals surface area contributed by atoms with Gasteiger partial charge in [-0.2, -0.15) is 5.10 Å². The molecular formula is C13H17N3O3. The Labute approximate surface area is 111 Å². The standard InChI is InChI=1S/C13H17N3O3/c1-3-4-6-10(2)14-15-13(17)11-7-5-8-12(9-11)16(18)19/h5,7-9H,3-4,6H2,1-2H3,(H,15,17). The van der Waals surface area contributed by atoms with Crippen LogP contribution in [0.4, 0.5) is 5.69 Å². The Bertz CT molecular complexity index is 498. The first kappa shape index (κ1) is 14.8. The van der Waals surface area contributed by atoms with Gasteiger partial charge in [-0.05, 0) is 25.8 Å². The van der Waals surface area contributed by atoms with E-state index in [9.17, 15) is 14.9 Å². The number of nitrogens with one attached hydrogen (secondary N) is 1. The largest absolute Gasteiger partial charge is 0.271 e. The number of rotatable bonds is 6. The van der Waals surface area contributed by atoms with E-state index in [2.05, 4.69) is 17.5 Å². The van der Waals surface area contributed by atoms with Gasteiger partial charge in [-0.25, -0.2) is 5.43 Å². The summed E-state index contributed by atoms with van der Waals surface area (Å²) in [6.45, 7) is 3.92. The SMILES string of the molecule is CCCCC(C)=NNC(=O)c1cccc([N+](=O)[O-])c1. The number of unbranched alkanes of at least 4 members (excludes halogenated alkanes) is 1. The number of hydrogen-bond acceptors (Lipinski definition) is 4. The maximum absolute atomic E-state index is 11.8. The fraction of sp³-hybridized carbons (Fsp3) is 0.385. The van der Waals surface area contributed by atoms with Gasteiger partial charge < -0.3 is 0 Å². The highest BCUT2D eigenvalue weighted by molar-refractivity contribution is 5.95. The van der Waals surface area contributed by atoms with Crippen LogP contribution in [0.5, 0.6) is 0 Å². The van der Waals surface area contributed by atoms with Crippen LogP contribution in [0.25, 0.3) is 0 Å². The summed E-state index contributed by atoms with van der Waals surface area (Å²) in [6, 6.07) is 5.55. The number of carbonyl (C=O) groups is 1. The normalized spacial score (nSPS) is 11.2. The Hall–Kier alpha value is -2.24. The lowest BCUT2D eigenvalue weighted by molar-refractivity contribution is -0.384. The van der Waals surface area contributed by atoms with E-state index in [1.54, 1.807) is 0 Å². The molecule has 1 aromatic carbocycles. The first-order valence-electron chi connectivity index (χ1n) is 6.12. The van der Waals surface area contributed by atoms with Gasteiger partial charge in [-0.1, -0.05) is 19.4 Å². The van der Waals surface area contributed by atoms with E-state index in [0.717, 1.165) is 25.0 Å². The molecule has 0 heterocycles. The molecule has 0 spiro atoms. The highest BCUT2D eigenvalue weighted by Crippen LogP contribution is 2.12. The Morgan fingerprint density at radius 1 is 1.47 bits per heavy atom. The van der Waals surface area contributed by atoms with Crippen molar-refractivity contribution in [2.75, 3.05) is 0 Å². The van der Waals surface area contributed by atoms with Crippen molar-refractivity contribution in [3.8, 4) is 0 Å². The molecule has 0 unspecified atom stereocenters. The van der Waals surface area contributed by atoms with Gasteiger partial charge >= 0.3 is 0 Å². The second-order valence-corrected chi connectivity index (χ2v) is 4.20. The lowest BCUT2D eigenvalue weighted by Gasteiger charge is -2.02. The molecule has 1 rings (SSSR count). The molecule has 0 fully saturated rings. The lowest BCUT2D eigenvalue weighted by Crippen LogP contribution is -2.19. The monoisotopic (exact) mass is 263 g/mol. The zero-order chi connectivity index (χ0) is 14.3. The molecule has 0 aliphatic rings. The molecule has 1 N–H and O–H groups in total. The number of amides is 1. The van der Waals surface area contributed by atoms with Gasteiger partial charge in [0.05, 0.1) is 4.92 Å². The Morgan fingerprint density at radius 2 is 2.21 bits per heavy atom. The predicted octanol–water partition coefficient (Wildman–Crippen LogP) is 2.89. The Kier molecular flexibility index (Phi) is 5.66. The maximum Gasteiger partial charge on any atom is 0.271 e. The number of benzene rings is 1. The third kappa shape index (κ3) is 4.87. The minimum Gasteiger partial charge on any atom is -0.267 e. The highest BCUT2D eigenvalue weighted by Gasteiger charge is 2.10. The third-order valence-corrected chi connectivity index (χ3v) is 2.56. The van der Waals surface area contributed by atoms with E-state index in [1.807, 2.05) is 6.92 Å². The van der Waals surface area contributed by atoms with E-state index in [1.165, 1.54) is 24.3 Å². The molecule has 0 radical (unpaired) electrons. The topological polar surface area (TPSA) is 84.6 Å². The van der Waals surface area contributed by atoms with Gasteiger partial charge in [0, 0.05) is 23.4 Å². The molecule has 0 aliphatic heterocycles. The summed E-state index contributed by atoms with van der Waals surface area (Å²) >= 11 is 0. The van der Waals surface area contributed by atoms with Crippen molar-refractivity contribution >= 4 is 17.3 Å². The number of nitro benzene ring substituents is 1. The van der Waals surface area contributed by atoms with Crippen molar-refractivity contribution in [2.24, 2.45) is 5.10 Å². The van der Waals surface area contributed by atoms with Crippen molar-refractivity contribution in [3.63, 3.8) is 0 Å². The second-order valence-electron chi connectivity index (χ2n) is 4.20. The fourth-order valence-corrected chi connectivity index (χ4v) is 1.46. The van der Waals surface area contributed by atoms with Crippen LogP contribution in [0.1, 0.15) is 43.5 Å². The van der Waals surface area contributed by atoms with Gasteiger partial charge in [-0.15, -0.1) is 0 Å². The van der Waals surface area contributed by atoms with Gasteiger partial charge in [0.15, 0.2) is 0 Å². The van der Waals surface area contributed by atoms with Crippen LogP contribution in [0.15, 0.2) is 29.4 Å². The van der Waals surface area contributed by atoms with E-state index in [-0.39, 0.29) is 11.3 Å². The zero-order valence-electron chi connectivity index (χ0n) is 11.0. The molecule has 1 aromatic rings. The molecule has 0 saturated heterocycles. The molecule has 0 atom stereocenters. The minimum absolute atomic E-state index is 0.112. The molecule has 0 aromatic heterocycles. The van der Waals surface area contributed by atoms with Crippen LogP contribution in [-0.4, -0.2) is 16.5 Å². The molecule has 0 bridgehead atoms. The molecule has 6 heteroatoms. The molecule has 6 nitrogen and oxygen atoms in total. The average molecular weight is 263 g/mol. The minimum atomic E-state index is -0.535. The number of hydrazone groups is 1. The van der Waals surface area contributed by atoms with Gasteiger partial charge in [-0.3, -0.25) is 14.9 Å². The van der Waals surface area contributed by atoms with Crippen molar-refractivity contribution in [3.05, 3.63) is 39.9 Å². The molecule has 0 aliphatic carbocycles. The molecule has 1 amide bonds. The fourth-order valence-electron chi connectivity index (χ4n) is 1.46. The van der Waals surface area contributed by atoms with Crippen LogP contribution >= 0.6 is 0 Å². The third-order valence-electron chi connectivity index (χ3n) is 2.56. The highest BCUT2D eigenvalue weighted by atomic mass is 16.6. The van der Waals surface area contributed by atoms with Gasteiger partial charge in [0.25, 0.3) is 11.6 Å². The van der Waals surface area contributed by atoms with E-state index in [0.29, 0.717) is 0 Å². The van der Waals surface area contributed by atoms with E-state index in [4.69, 9.17) is 0 Å². The second kappa shape index (κ2) is 7.25. The molecule has 19 heavy (non-hydrogen) atoms. The van der Waals surface area contributed by atoms with E-state index >= 15 is 0 Å². The molecule has 102 valence electrons. The lowest BCUT2D eigenvalue weighted by atomic mass is 10.2. The first-order valence-corrected chi connectivity index (χ1v) is 6.12. The summed E-state index contributed by atoms with van der Waals surface area (Å²) in [4.78, 5) is 21.8. The maximum atomic E-state index is 11.8. The summed E-state index contributed by atoms with van der Waals surface area (Å²) in [7, 11) is 0. The molecular weight excluding hydrogens is 246 g/mol. The Morgan fingerprint density at radius 3 is 2.84 bits per heavy atom. The summed E-state index contributed by atoms with van der Waals surface area (Å²) in [6.07, 6.45) is 2.90. The predicted molar refractivity (Wildman–Crippen MR) is 73.2 cm³/mol. The summed E-state index contributed by atoms with van der Waals surface area (Å²) in [5, 5.41) is 14.6. The van der Waals surface area contributed by atoms with Crippen LogP contribution in [0.3, 0.4) is 0 Å². The average Bonchev–Trinajstić information content (AvgIpc) is 2.42. The van der Waals surface area contributed by atoms with Crippen molar-refractivity contribution in [2.45, 2.75) is 33.1 Å². The number of non-ortho nitro benzene ring substituents is 1. The summed E-state index contributed by atoms with van der Waals surface area (Å²) in [5.74, 6) is -0.445.